The summed E-state index contributed by atoms with van der Waals surface area (Å²) in [7, 11) is -3.44. The van der Waals surface area contributed by atoms with E-state index in [-0.39, 0.29) is 12.2 Å². The number of nitrogens with one attached hydrogen (secondary N) is 2. The number of nitrogens with two attached hydrogens (primary N) is 1. The minimum atomic E-state index is -4.87. The Kier molecular flexibility index (Phi) is 6.49. The fraction of sp³-hybridized carbons (Fsp3) is 0.143. The van der Waals surface area contributed by atoms with Gasteiger partial charge in [0.25, 0.3) is 11.5 Å². The molecule has 0 radical (unpaired) electrons. The normalized spacial score (nSPS) is 11.8. The maximum absolute atomic E-state index is 13.4. The van der Waals surface area contributed by atoms with Crippen LogP contribution >= 0.6 is 0 Å². The Hall–Kier alpha value is -3.80. The minimum Gasteiger partial charge on any atom is -0.489 e. The maximum atomic E-state index is 13.4. The van der Waals surface area contributed by atoms with E-state index in [1.165, 1.54) is 24.3 Å². The Bertz CT molecular complexity index is 1350. The first-order chi connectivity index (χ1) is 15.3. The van der Waals surface area contributed by atoms with E-state index in [0.717, 1.165) is 12.3 Å². The van der Waals surface area contributed by atoms with Gasteiger partial charge in [-0.3, -0.25) is 14.3 Å². The van der Waals surface area contributed by atoms with Crippen molar-refractivity contribution in [2.45, 2.75) is 12.8 Å². The van der Waals surface area contributed by atoms with Gasteiger partial charge in [-0.1, -0.05) is 24.3 Å². The van der Waals surface area contributed by atoms with Crippen molar-refractivity contribution in [3.05, 3.63) is 81.8 Å². The van der Waals surface area contributed by atoms with Crippen LogP contribution < -0.4 is 20.8 Å². The van der Waals surface area contributed by atoms with Crippen molar-refractivity contribution >= 4 is 21.6 Å². The van der Waals surface area contributed by atoms with Gasteiger partial charge in [0.2, 0.25) is 10.0 Å². The lowest BCUT2D eigenvalue weighted by atomic mass is 10.0. The number of alkyl halides is 3. The van der Waals surface area contributed by atoms with E-state index < -0.39 is 44.5 Å². The number of aromatic amines is 1. The third-order valence-electron chi connectivity index (χ3n) is 4.39. The molecular weight excluding hydrogens is 463 g/mol. The Morgan fingerprint density at radius 2 is 1.79 bits per heavy atom. The van der Waals surface area contributed by atoms with Gasteiger partial charge in [-0.05, 0) is 41.5 Å². The van der Waals surface area contributed by atoms with Crippen molar-refractivity contribution in [2.24, 2.45) is 5.73 Å². The first-order valence-electron chi connectivity index (χ1n) is 9.28. The van der Waals surface area contributed by atoms with Crippen LogP contribution in [0.2, 0.25) is 0 Å². The largest absolute Gasteiger partial charge is 0.489 e. The Balaban J connectivity index is 1.84. The first kappa shape index (κ1) is 23.9. The molecular formula is C21H18F3N3O5S. The Labute approximate surface area is 186 Å². The molecule has 12 heteroatoms. The molecule has 2 aromatic carbocycles. The van der Waals surface area contributed by atoms with Gasteiger partial charge in [0.05, 0.1) is 6.26 Å². The van der Waals surface area contributed by atoms with Gasteiger partial charge in [0, 0.05) is 11.3 Å². The molecule has 33 heavy (non-hydrogen) atoms. The summed E-state index contributed by atoms with van der Waals surface area (Å²) in [5.41, 5.74) is 2.63. The average molecular weight is 481 g/mol. The van der Waals surface area contributed by atoms with Crippen molar-refractivity contribution in [2.75, 3.05) is 11.0 Å². The van der Waals surface area contributed by atoms with Crippen molar-refractivity contribution < 1.29 is 31.1 Å². The molecule has 8 nitrogen and oxygen atoms in total. The van der Waals surface area contributed by atoms with E-state index in [9.17, 15) is 31.2 Å². The number of carbonyl (C=O) groups is 1. The molecule has 0 saturated heterocycles. The van der Waals surface area contributed by atoms with Crippen LogP contribution in [0, 0.1) is 0 Å². The molecule has 0 fully saturated rings. The van der Waals surface area contributed by atoms with Gasteiger partial charge in [-0.25, -0.2) is 8.42 Å². The number of ether oxygens (including phenoxy) is 1. The Morgan fingerprint density at radius 3 is 2.36 bits per heavy atom. The summed E-state index contributed by atoms with van der Waals surface area (Å²) in [6.07, 6.45) is -3.85. The zero-order valence-corrected chi connectivity index (χ0v) is 17.9. The topological polar surface area (TPSA) is 131 Å². The van der Waals surface area contributed by atoms with Crippen molar-refractivity contribution in [3.8, 4) is 16.9 Å². The number of anilines is 1. The molecule has 1 heterocycles. The second kappa shape index (κ2) is 8.98. The molecule has 1 amide bonds. The number of amides is 1. The van der Waals surface area contributed by atoms with E-state index in [0.29, 0.717) is 17.0 Å². The van der Waals surface area contributed by atoms with Crippen LogP contribution in [-0.4, -0.2) is 25.6 Å². The molecule has 0 aliphatic heterocycles. The van der Waals surface area contributed by atoms with Crippen LogP contribution in [0.15, 0.2) is 59.4 Å². The number of pyridine rings is 1. The summed E-state index contributed by atoms with van der Waals surface area (Å²) < 4.78 is 70.9. The number of rotatable bonds is 7. The van der Waals surface area contributed by atoms with Crippen LogP contribution in [0.1, 0.15) is 21.6 Å². The molecule has 3 rings (SSSR count). The summed E-state index contributed by atoms with van der Waals surface area (Å²) in [4.78, 5) is 24.9. The predicted molar refractivity (Wildman–Crippen MR) is 115 cm³/mol. The zero-order chi connectivity index (χ0) is 24.4. The highest BCUT2D eigenvalue weighted by molar-refractivity contribution is 7.92. The average Bonchev–Trinajstić information content (AvgIpc) is 2.70. The zero-order valence-electron chi connectivity index (χ0n) is 17.1. The van der Waals surface area contributed by atoms with E-state index in [1.54, 1.807) is 29.2 Å². The van der Waals surface area contributed by atoms with Crippen LogP contribution in [0.4, 0.5) is 18.9 Å². The fourth-order valence-electron chi connectivity index (χ4n) is 3.00. The molecule has 0 aliphatic carbocycles. The molecule has 0 aliphatic rings. The summed E-state index contributed by atoms with van der Waals surface area (Å²) in [5.74, 6) is -0.827. The van der Waals surface area contributed by atoms with Gasteiger partial charge >= 0.3 is 6.18 Å². The molecule has 0 spiro atoms. The number of aromatic nitrogens is 1. The number of sulfonamides is 1. The highest BCUT2D eigenvalue weighted by Gasteiger charge is 2.36. The van der Waals surface area contributed by atoms with Gasteiger partial charge < -0.3 is 15.5 Å². The SMILES string of the molecule is CS(=O)(=O)Nc1cccc(COc2ccc(-c3cc(C(N)=O)c(=O)[nH]c3C(F)(F)F)cc2)c1. The fourth-order valence-corrected chi connectivity index (χ4v) is 3.56. The van der Waals surface area contributed by atoms with E-state index in [2.05, 4.69) is 4.72 Å². The molecule has 0 bridgehead atoms. The van der Waals surface area contributed by atoms with Crippen LogP contribution in [0.5, 0.6) is 5.75 Å². The highest BCUT2D eigenvalue weighted by atomic mass is 32.2. The van der Waals surface area contributed by atoms with Crippen LogP contribution in [0.25, 0.3) is 11.1 Å². The number of hydrogen-bond donors (Lipinski definition) is 3. The monoisotopic (exact) mass is 481 g/mol. The molecule has 174 valence electrons. The predicted octanol–water partition coefficient (Wildman–Crippen LogP) is 3.11. The number of benzene rings is 2. The van der Waals surface area contributed by atoms with E-state index >= 15 is 0 Å². The number of carbonyl (C=O) groups excluding carboxylic acids is 1. The summed E-state index contributed by atoms with van der Waals surface area (Å²) in [6, 6.07) is 12.8. The van der Waals surface area contributed by atoms with E-state index in [1.807, 2.05) is 0 Å². The quantitative estimate of drug-likeness (QED) is 0.477. The standard InChI is InChI=1S/C21H18F3N3O5S/c1-33(30,31)27-14-4-2-3-12(9-14)11-32-15-7-5-13(6-8-15)16-10-17(19(25)28)20(29)26-18(16)21(22,23)24/h2-10,27H,11H2,1H3,(H2,25,28)(H,26,29). The van der Waals surface area contributed by atoms with Gasteiger partial charge in [0.1, 0.15) is 23.6 Å². The molecule has 0 saturated carbocycles. The third kappa shape index (κ3) is 6.13. The lowest BCUT2D eigenvalue weighted by molar-refractivity contribution is -0.140. The Morgan fingerprint density at radius 1 is 1.12 bits per heavy atom. The van der Waals surface area contributed by atoms with Crippen LogP contribution in [0.3, 0.4) is 0 Å². The second-order valence-electron chi connectivity index (χ2n) is 7.05. The molecule has 4 N–H and O–H groups in total. The number of primary amides is 1. The summed E-state index contributed by atoms with van der Waals surface area (Å²) >= 11 is 0. The molecule has 0 atom stereocenters. The molecule has 0 unspecified atom stereocenters. The molecule has 3 aromatic rings. The smallest absolute Gasteiger partial charge is 0.431 e. The first-order valence-corrected chi connectivity index (χ1v) is 11.2. The lowest BCUT2D eigenvalue weighted by Crippen LogP contribution is -2.27. The number of H-pyrrole nitrogens is 1. The number of hydrogen-bond acceptors (Lipinski definition) is 5. The third-order valence-corrected chi connectivity index (χ3v) is 5.00. The van der Waals surface area contributed by atoms with Gasteiger partial charge in [-0.15, -0.1) is 0 Å². The van der Waals surface area contributed by atoms with E-state index in [4.69, 9.17) is 10.5 Å². The van der Waals surface area contributed by atoms with Gasteiger partial charge in [-0.2, -0.15) is 13.2 Å². The highest BCUT2D eigenvalue weighted by Crippen LogP contribution is 2.35. The lowest BCUT2D eigenvalue weighted by Gasteiger charge is -2.14. The number of halogens is 3. The maximum Gasteiger partial charge on any atom is 0.431 e. The summed E-state index contributed by atoms with van der Waals surface area (Å²) in [5, 5.41) is 0. The summed E-state index contributed by atoms with van der Waals surface area (Å²) in [6.45, 7) is 0.0664. The van der Waals surface area contributed by atoms with Crippen molar-refractivity contribution in [1.82, 2.24) is 4.98 Å². The second-order valence-corrected chi connectivity index (χ2v) is 8.80. The molecule has 1 aromatic heterocycles. The van der Waals surface area contributed by atoms with Crippen molar-refractivity contribution in [3.63, 3.8) is 0 Å². The minimum absolute atomic E-state index is 0.0664. The van der Waals surface area contributed by atoms with Gasteiger partial charge in [0.15, 0.2) is 0 Å². The van der Waals surface area contributed by atoms with Crippen molar-refractivity contribution in [1.29, 1.82) is 0 Å². The van der Waals surface area contributed by atoms with Crippen LogP contribution in [-0.2, 0) is 22.8 Å².